The number of rotatable bonds is 6. The van der Waals surface area contributed by atoms with Gasteiger partial charge in [0.1, 0.15) is 0 Å². The smallest absolute Gasteiger partial charge is 0.257 e. The minimum Gasteiger partial charge on any atom is -0.383 e. The number of ether oxygens (including phenoxy) is 1. The van der Waals surface area contributed by atoms with Crippen LogP contribution in [-0.4, -0.2) is 31.2 Å². The van der Waals surface area contributed by atoms with Crippen LogP contribution < -0.4 is 10.6 Å². The maximum atomic E-state index is 12.2. The Bertz CT molecular complexity index is 665. The molecule has 0 saturated carbocycles. The Labute approximate surface area is 138 Å². The van der Waals surface area contributed by atoms with Gasteiger partial charge in [-0.25, -0.2) is 0 Å². The van der Waals surface area contributed by atoms with E-state index in [1.807, 2.05) is 0 Å². The van der Waals surface area contributed by atoms with Crippen LogP contribution in [0.1, 0.15) is 10.4 Å². The molecule has 1 heterocycles. The molecule has 2 rings (SSSR count). The van der Waals surface area contributed by atoms with E-state index < -0.39 is 0 Å². The third kappa shape index (κ3) is 4.59. The highest BCUT2D eigenvalue weighted by atomic mass is 35.5. The number of methoxy groups -OCH3 is 1. The first-order chi connectivity index (χ1) is 10.6. The van der Waals surface area contributed by atoms with Gasteiger partial charge in [0.15, 0.2) is 0 Å². The van der Waals surface area contributed by atoms with Gasteiger partial charge in [-0.1, -0.05) is 23.2 Å². The first-order valence-electron chi connectivity index (χ1n) is 6.54. The highest BCUT2D eigenvalue weighted by Gasteiger charge is 2.08. The molecule has 0 spiro atoms. The number of halogens is 2. The Morgan fingerprint density at radius 3 is 2.73 bits per heavy atom. The number of nitrogens with zero attached hydrogens (tertiary/aromatic N) is 1. The highest BCUT2D eigenvalue weighted by molar-refractivity contribution is 6.42. The van der Waals surface area contributed by atoms with Crippen molar-refractivity contribution in [1.29, 1.82) is 0 Å². The van der Waals surface area contributed by atoms with E-state index in [1.54, 1.807) is 37.6 Å². The third-order valence-corrected chi connectivity index (χ3v) is 3.55. The third-order valence-electron chi connectivity index (χ3n) is 2.81. The van der Waals surface area contributed by atoms with Crippen molar-refractivity contribution in [2.45, 2.75) is 0 Å². The maximum Gasteiger partial charge on any atom is 0.257 e. The van der Waals surface area contributed by atoms with Crippen molar-refractivity contribution < 1.29 is 9.53 Å². The van der Waals surface area contributed by atoms with E-state index in [9.17, 15) is 4.79 Å². The number of aromatic nitrogens is 1. The summed E-state index contributed by atoms with van der Waals surface area (Å²) in [6.45, 7) is 1.20. The second-order valence-electron chi connectivity index (χ2n) is 4.46. The van der Waals surface area contributed by atoms with E-state index in [-0.39, 0.29) is 5.91 Å². The van der Waals surface area contributed by atoms with Crippen molar-refractivity contribution in [3.8, 4) is 0 Å². The number of hydrogen-bond donors (Lipinski definition) is 2. The highest BCUT2D eigenvalue weighted by Crippen LogP contribution is 2.25. The SMILES string of the molecule is COCCNc1cncc(C(=O)Nc2ccc(Cl)c(Cl)c2)c1. The summed E-state index contributed by atoms with van der Waals surface area (Å²) < 4.78 is 4.96. The number of carbonyl (C=O) groups excluding carboxylic acids is 1. The Kier molecular flexibility index (Phi) is 6.00. The standard InChI is InChI=1S/C15H15Cl2N3O2/c1-22-5-4-19-12-6-10(8-18-9-12)15(21)20-11-2-3-13(16)14(17)7-11/h2-3,6-9,19H,4-5H2,1H3,(H,20,21). The Morgan fingerprint density at radius 2 is 2.00 bits per heavy atom. The summed E-state index contributed by atoms with van der Waals surface area (Å²) >= 11 is 11.8. The molecule has 0 atom stereocenters. The number of nitrogens with one attached hydrogen (secondary N) is 2. The second-order valence-corrected chi connectivity index (χ2v) is 5.28. The van der Waals surface area contributed by atoms with Crippen LogP contribution in [0.15, 0.2) is 36.7 Å². The zero-order valence-electron chi connectivity index (χ0n) is 11.9. The lowest BCUT2D eigenvalue weighted by Gasteiger charge is -2.09. The van der Waals surface area contributed by atoms with Crippen molar-refractivity contribution in [2.24, 2.45) is 0 Å². The molecule has 0 radical (unpaired) electrons. The quantitative estimate of drug-likeness (QED) is 0.787. The lowest BCUT2D eigenvalue weighted by Crippen LogP contribution is -2.13. The molecule has 0 bridgehead atoms. The van der Waals surface area contributed by atoms with E-state index in [2.05, 4.69) is 15.6 Å². The number of benzene rings is 1. The average Bonchev–Trinajstić information content (AvgIpc) is 2.51. The van der Waals surface area contributed by atoms with Crippen LogP contribution >= 0.6 is 23.2 Å². The van der Waals surface area contributed by atoms with Crippen LogP contribution in [-0.2, 0) is 4.74 Å². The zero-order chi connectivity index (χ0) is 15.9. The van der Waals surface area contributed by atoms with Crippen molar-refractivity contribution >= 4 is 40.5 Å². The molecule has 5 nitrogen and oxygen atoms in total. The second kappa shape index (κ2) is 7.98. The predicted molar refractivity (Wildman–Crippen MR) is 89.0 cm³/mol. The number of carbonyl (C=O) groups is 1. The molecule has 0 unspecified atom stereocenters. The van der Waals surface area contributed by atoms with Crippen LogP contribution in [0, 0.1) is 0 Å². The molecule has 0 fully saturated rings. The topological polar surface area (TPSA) is 63.2 Å². The zero-order valence-corrected chi connectivity index (χ0v) is 13.4. The Balaban J connectivity index is 2.05. The molecule has 2 aromatic rings. The molecule has 2 N–H and O–H groups in total. The molecule has 0 saturated heterocycles. The lowest BCUT2D eigenvalue weighted by molar-refractivity contribution is 0.102. The predicted octanol–water partition coefficient (Wildman–Crippen LogP) is 3.70. The normalized spacial score (nSPS) is 10.3. The summed E-state index contributed by atoms with van der Waals surface area (Å²) in [6, 6.07) is 6.62. The Morgan fingerprint density at radius 1 is 1.18 bits per heavy atom. The number of hydrogen-bond acceptors (Lipinski definition) is 4. The van der Waals surface area contributed by atoms with Gasteiger partial charge < -0.3 is 15.4 Å². The molecule has 1 aromatic heterocycles. The largest absolute Gasteiger partial charge is 0.383 e. The fraction of sp³-hybridized carbons (Fsp3) is 0.200. The number of pyridine rings is 1. The van der Waals surface area contributed by atoms with Crippen LogP contribution in [0.25, 0.3) is 0 Å². The van der Waals surface area contributed by atoms with Gasteiger partial charge in [-0.05, 0) is 24.3 Å². The van der Waals surface area contributed by atoms with Gasteiger partial charge in [-0.15, -0.1) is 0 Å². The number of anilines is 2. The molecule has 22 heavy (non-hydrogen) atoms. The summed E-state index contributed by atoms with van der Waals surface area (Å²) in [5.41, 5.74) is 1.75. The van der Waals surface area contributed by atoms with E-state index in [0.717, 1.165) is 5.69 Å². The molecule has 1 amide bonds. The van der Waals surface area contributed by atoms with E-state index in [4.69, 9.17) is 27.9 Å². The van der Waals surface area contributed by atoms with E-state index >= 15 is 0 Å². The van der Waals surface area contributed by atoms with Crippen molar-refractivity contribution in [1.82, 2.24) is 4.98 Å². The van der Waals surface area contributed by atoms with Crippen LogP contribution in [0.4, 0.5) is 11.4 Å². The van der Waals surface area contributed by atoms with Gasteiger partial charge in [0.05, 0.1) is 27.9 Å². The van der Waals surface area contributed by atoms with Gasteiger partial charge >= 0.3 is 0 Å². The molecule has 1 aromatic carbocycles. The van der Waals surface area contributed by atoms with Gasteiger partial charge in [0.25, 0.3) is 5.91 Å². The average molecular weight is 340 g/mol. The first-order valence-corrected chi connectivity index (χ1v) is 7.30. The fourth-order valence-corrected chi connectivity index (χ4v) is 2.03. The fourth-order valence-electron chi connectivity index (χ4n) is 1.74. The summed E-state index contributed by atoms with van der Waals surface area (Å²) in [5.74, 6) is -0.277. The molecule has 7 heteroatoms. The van der Waals surface area contributed by atoms with Gasteiger partial charge in [0.2, 0.25) is 0 Å². The van der Waals surface area contributed by atoms with Crippen molar-refractivity contribution in [3.05, 3.63) is 52.3 Å². The van der Waals surface area contributed by atoms with Gasteiger partial charge in [-0.2, -0.15) is 0 Å². The first kappa shape index (κ1) is 16.5. The molecular formula is C15H15Cl2N3O2. The summed E-state index contributed by atoms with van der Waals surface area (Å²) in [4.78, 5) is 16.3. The van der Waals surface area contributed by atoms with Crippen molar-refractivity contribution in [2.75, 3.05) is 30.9 Å². The summed E-state index contributed by atoms with van der Waals surface area (Å²) in [6.07, 6.45) is 3.14. The molecular weight excluding hydrogens is 325 g/mol. The number of amides is 1. The Hall–Kier alpha value is -1.82. The maximum absolute atomic E-state index is 12.2. The summed E-state index contributed by atoms with van der Waals surface area (Å²) in [5, 5.41) is 6.68. The van der Waals surface area contributed by atoms with Crippen LogP contribution in [0.3, 0.4) is 0 Å². The van der Waals surface area contributed by atoms with Gasteiger partial charge in [0, 0.05) is 31.7 Å². The minimum atomic E-state index is -0.277. The van der Waals surface area contributed by atoms with E-state index in [1.165, 1.54) is 6.20 Å². The van der Waals surface area contributed by atoms with Gasteiger partial charge in [-0.3, -0.25) is 9.78 Å². The monoisotopic (exact) mass is 339 g/mol. The van der Waals surface area contributed by atoms with Crippen molar-refractivity contribution in [3.63, 3.8) is 0 Å². The molecule has 0 aliphatic carbocycles. The summed E-state index contributed by atoms with van der Waals surface area (Å²) in [7, 11) is 1.63. The lowest BCUT2D eigenvalue weighted by atomic mass is 10.2. The molecule has 0 aliphatic heterocycles. The molecule has 0 aliphatic rings. The van der Waals surface area contributed by atoms with Crippen LogP contribution in [0.2, 0.25) is 10.0 Å². The molecule has 116 valence electrons. The van der Waals surface area contributed by atoms with E-state index in [0.29, 0.717) is 34.4 Å². The van der Waals surface area contributed by atoms with Crippen LogP contribution in [0.5, 0.6) is 0 Å². The minimum absolute atomic E-state index is 0.277.